The lowest BCUT2D eigenvalue weighted by atomic mass is 10.1. The van der Waals surface area contributed by atoms with E-state index >= 15 is 0 Å². The maximum atomic E-state index is 14.0. The third-order valence-electron chi connectivity index (χ3n) is 3.93. The van der Waals surface area contributed by atoms with Gasteiger partial charge in [-0.05, 0) is 37.5 Å². The average Bonchev–Trinajstić information content (AvgIpc) is 2.61. The maximum absolute atomic E-state index is 14.0. The van der Waals surface area contributed by atoms with E-state index in [1.807, 2.05) is 13.0 Å². The highest BCUT2D eigenvalue weighted by Crippen LogP contribution is 2.24. The molecule has 0 radical (unpaired) electrons. The first-order valence-corrected chi connectivity index (χ1v) is 8.98. The van der Waals surface area contributed by atoms with E-state index in [1.165, 1.54) is 31.7 Å². The molecule has 2 aromatic rings. The first-order valence-electron chi connectivity index (χ1n) is 8.98. The van der Waals surface area contributed by atoms with Gasteiger partial charge in [0.1, 0.15) is 0 Å². The number of unbranched alkanes of at least 4 members (excludes halogenated alkanes) is 4. The zero-order valence-corrected chi connectivity index (χ0v) is 14.7. The van der Waals surface area contributed by atoms with E-state index in [0.29, 0.717) is 12.3 Å². The summed E-state index contributed by atoms with van der Waals surface area (Å²) in [7, 11) is 0. The Morgan fingerprint density at radius 2 is 1.79 bits per heavy atom. The molecule has 0 N–H and O–H groups in total. The molecule has 0 aliphatic carbocycles. The Morgan fingerprint density at radius 1 is 0.958 bits per heavy atom. The van der Waals surface area contributed by atoms with Crippen molar-refractivity contribution in [3.8, 4) is 17.0 Å². The van der Waals surface area contributed by atoms with Crippen molar-refractivity contribution in [2.24, 2.45) is 0 Å². The van der Waals surface area contributed by atoms with Crippen molar-refractivity contribution in [3.63, 3.8) is 0 Å². The second kappa shape index (κ2) is 10.0. The zero-order chi connectivity index (χ0) is 17.2. The van der Waals surface area contributed by atoms with Crippen LogP contribution in [0.2, 0.25) is 0 Å². The van der Waals surface area contributed by atoms with Gasteiger partial charge >= 0.3 is 0 Å². The predicted molar refractivity (Wildman–Crippen MR) is 95.7 cm³/mol. The molecule has 0 spiro atoms. The minimum absolute atomic E-state index is 0.289. The summed E-state index contributed by atoms with van der Waals surface area (Å²) >= 11 is 0. The Kier molecular flexibility index (Phi) is 7.66. The summed E-state index contributed by atoms with van der Waals surface area (Å²) in [5, 5.41) is 0. The van der Waals surface area contributed by atoms with Gasteiger partial charge < -0.3 is 4.74 Å². The van der Waals surface area contributed by atoms with Crippen LogP contribution in [0.5, 0.6) is 5.75 Å². The third-order valence-corrected chi connectivity index (χ3v) is 3.93. The van der Waals surface area contributed by atoms with Crippen molar-refractivity contribution in [1.29, 1.82) is 0 Å². The molecule has 0 saturated carbocycles. The maximum Gasteiger partial charge on any atom is 0.165 e. The highest BCUT2D eigenvalue weighted by atomic mass is 19.1. The SMILES string of the molecule is CCCCCCCc1cnc(-c2ccc(OCCC)c(F)c2)cn1. The first kappa shape index (κ1) is 18.4. The number of nitrogens with zero attached hydrogens (tertiary/aromatic N) is 2. The Morgan fingerprint density at radius 3 is 2.46 bits per heavy atom. The molecule has 130 valence electrons. The lowest BCUT2D eigenvalue weighted by molar-refractivity contribution is 0.301. The van der Waals surface area contributed by atoms with E-state index in [2.05, 4.69) is 16.9 Å². The smallest absolute Gasteiger partial charge is 0.165 e. The third kappa shape index (κ3) is 5.59. The number of aromatic nitrogens is 2. The van der Waals surface area contributed by atoms with E-state index in [0.717, 1.165) is 30.5 Å². The molecule has 0 atom stereocenters. The highest BCUT2D eigenvalue weighted by molar-refractivity contribution is 5.59. The molecule has 0 aliphatic heterocycles. The summed E-state index contributed by atoms with van der Waals surface area (Å²) in [6.45, 7) is 4.73. The van der Waals surface area contributed by atoms with Gasteiger partial charge in [-0.2, -0.15) is 0 Å². The van der Waals surface area contributed by atoms with Gasteiger partial charge in [-0.1, -0.05) is 39.5 Å². The number of hydrogen-bond acceptors (Lipinski definition) is 3. The van der Waals surface area contributed by atoms with Crippen molar-refractivity contribution < 1.29 is 9.13 Å². The quantitative estimate of drug-likeness (QED) is 0.533. The van der Waals surface area contributed by atoms with Gasteiger partial charge in [0.15, 0.2) is 11.6 Å². The summed E-state index contributed by atoms with van der Waals surface area (Å²) in [6.07, 6.45) is 11.6. The van der Waals surface area contributed by atoms with Crippen molar-refractivity contribution in [3.05, 3.63) is 42.1 Å². The molecule has 0 amide bonds. The molecule has 3 nitrogen and oxygen atoms in total. The normalized spacial score (nSPS) is 10.8. The van der Waals surface area contributed by atoms with E-state index < -0.39 is 0 Å². The minimum atomic E-state index is -0.359. The minimum Gasteiger partial charge on any atom is -0.491 e. The molecular weight excluding hydrogens is 303 g/mol. The molecule has 24 heavy (non-hydrogen) atoms. The Bertz CT molecular complexity index is 614. The number of rotatable bonds is 10. The van der Waals surface area contributed by atoms with Gasteiger partial charge in [0, 0.05) is 11.8 Å². The largest absolute Gasteiger partial charge is 0.491 e. The summed E-state index contributed by atoms with van der Waals surface area (Å²) < 4.78 is 19.4. The van der Waals surface area contributed by atoms with Crippen LogP contribution in [0, 0.1) is 5.82 Å². The van der Waals surface area contributed by atoms with Crippen LogP contribution in [0.3, 0.4) is 0 Å². The summed E-state index contributed by atoms with van der Waals surface area (Å²) in [6, 6.07) is 4.94. The van der Waals surface area contributed by atoms with Crippen LogP contribution in [0.25, 0.3) is 11.3 Å². The van der Waals surface area contributed by atoms with Crippen molar-refractivity contribution >= 4 is 0 Å². The molecule has 1 aromatic heterocycles. The molecule has 4 heteroatoms. The van der Waals surface area contributed by atoms with Crippen LogP contribution < -0.4 is 4.74 Å². The molecule has 0 aliphatic rings. The van der Waals surface area contributed by atoms with E-state index in [9.17, 15) is 4.39 Å². The fourth-order valence-corrected chi connectivity index (χ4v) is 2.53. The van der Waals surface area contributed by atoms with Crippen molar-refractivity contribution in [2.45, 2.75) is 58.8 Å². The van der Waals surface area contributed by atoms with Crippen molar-refractivity contribution in [1.82, 2.24) is 9.97 Å². The van der Waals surface area contributed by atoms with Gasteiger partial charge in [-0.3, -0.25) is 9.97 Å². The number of ether oxygens (including phenoxy) is 1. The van der Waals surface area contributed by atoms with Gasteiger partial charge in [-0.25, -0.2) is 4.39 Å². The topological polar surface area (TPSA) is 35.0 Å². The van der Waals surface area contributed by atoms with Gasteiger partial charge in [0.2, 0.25) is 0 Å². The van der Waals surface area contributed by atoms with Crippen LogP contribution in [-0.2, 0) is 6.42 Å². The van der Waals surface area contributed by atoms with Gasteiger partial charge in [0.05, 0.1) is 24.2 Å². The summed E-state index contributed by atoms with van der Waals surface area (Å²) in [4.78, 5) is 8.89. The second-order valence-corrected chi connectivity index (χ2v) is 6.05. The molecule has 1 aromatic carbocycles. The summed E-state index contributed by atoms with van der Waals surface area (Å²) in [5.74, 6) is -0.0694. The van der Waals surface area contributed by atoms with E-state index in [4.69, 9.17) is 4.74 Å². The Balaban J connectivity index is 1.94. The molecule has 2 rings (SSSR count). The summed E-state index contributed by atoms with van der Waals surface area (Å²) in [5.41, 5.74) is 2.41. The number of hydrogen-bond donors (Lipinski definition) is 0. The monoisotopic (exact) mass is 330 g/mol. The lowest BCUT2D eigenvalue weighted by Gasteiger charge is -2.08. The first-order chi connectivity index (χ1) is 11.7. The van der Waals surface area contributed by atoms with Crippen LogP contribution in [0.15, 0.2) is 30.6 Å². The molecule has 0 unspecified atom stereocenters. The Hall–Kier alpha value is -1.97. The number of benzene rings is 1. The number of aryl methyl sites for hydroxylation is 1. The van der Waals surface area contributed by atoms with Crippen LogP contribution in [0.4, 0.5) is 4.39 Å². The average molecular weight is 330 g/mol. The van der Waals surface area contributed by atoms with Crippen molar-refractivity contribution in [2.75, 3.05) is 6.61 Å². The molecule has 0 saturated heterocycles. The zero-order valence-electron chi connectivity index (χ0n) is 14.7. The van der Waals surface area contributed by atoms with E-state index in [1.54, 1.807) is 18.5 Å². The van der Waals surface area contributed by atoms with Crippen LogP contribution in [-0.4, -0.2) is 16.6 Å². The predicted octanol–water partition coefficient (Wildman–Crippen LogP) is 5.58. The van der Waals surface area contributed by atoms with Crippen LogP contribution >= 0.6 is 0 Å². The van der Waals surface area contributed by atoms with Crippen LogP contribution in [0.1, 0.15) is 58.1 Å². The standard InChI is InChI=1S/C20H27FN2O/c1-3-5-6-7-8-9-17-14-23-19(15-22-17)16-10-11-20(18(21)13-16)24-12-4-2/h10-11,13-15H,3-9,12H2,1-2H3. The second-order valence-electron chi connectivity index (χ2n) is 6.05. The lowest BCUT2D eigenvalue weighted by Crippen LogP contribution is -1.98. The highest BCUT2D eigenvalue weighted by Gasteiger charge is 2.07. The molecule has 0 fully saturated rings. The molecule has 1 heterocycles. The number of halogens is 1. The fraction of sp³-hybridized carbons (Fsp3) is 0.500. The van der Waals surface area contributed by atoms with E-state index in [-0.39, 0.29) is 11.6 Å². The van der Waals surface area contributed by atoms with Gasteiger partial charge in [0.25, 0.3) is 0 Å². The Labute approximate surface area is 144 Å². The van der Waals surface area contributed by atoms with Gasteiger partial charge in [-0.15, -0.1) is 0 Å². The molecule has 0 bridgehead atoms. The molecular formula is C20H27FN2O. The fourth-order valence-electron chi connectivity index (χ4n) is 2.53.